The standard InChI is InChI=1S/C17H20N2O3S2/c1-17(2,3)16(20)19-9-8-12-11-13(6-7-14(12)19)18-24(21,22)15-5-4-10-23-15/h4-7,10-11,18H,8-9H2,1-3H3. The number of anilines is 2. The molecule has 5 nitrogen and oxygen atoms in total. The molecule has 1 N–H and O–H groups in total. The Labute approximate surface area is 146 Å². The number of hydrogen-bond donors (Lipinski definition) is 1. The SMILES string of the molecule is CC(C)(C)C(=O)N1CCc2cc(NS(=O)(=O)c3cccs3)ccc21. The largest absolute Gasteiger partial charge is 0.311 e. The molecule has 1 amide bonds. The van der Waals surface area contributed by atoms with Crippen molar-refractivity contribution in [3.63, 3.8) is 0 Å². The molecule has 2 aromatic rings. The van der Waals surface area contributed by atoms with Crippen LogP contribution in [0.15, 0.2) is 39.9 Å². The maximum Gasteiger partial charge on any atom is 0.271 e. The van der Waals surface area contributed by atoms with E-state index in [0.29, 0.717) is 12.2 Å². The van der Waals surface area contributed by atoms with Gasteiger partial charge in [0.15, 0.2) is 0 Å². The lowest BCUT2D eigenvalue weighted by atomic mass is 9.94. The van der Waals surface area contributed by atoms with Gasteiger partial charge in [-0.3, -0.25) is 9.52 Å². The van der Waals surface area contributed by atoms with E-state index in [1.54, 1.807) is 28.5 Å². The van der Waals surface area contributed by atoms with Gasteiger partial charge in [0.2, 0.25) is 5.91 Å². The fraction of sp³-hybridized carbons (Fsp3) is 0.353. The highest BCUT2D eigenvalue weighted by atomic mass is 32.2. The summed E-state index contributed by atoms with van der Waals surface area (Å²) in [5.74, 6) is 0.0770. The Kier molecular flexibility index (Phi) is 4.17. The van der Waals surface area contributed by atoms with Gasteiger partial charge in [-0.2, -0.15) is 0 Å². The first-order valence-electron chi connectivity index (χ1n) is 7.70. The lowest BCUT2D eigenvalue weighted by Crippen LogP contribution is -2.38. The summed E-state index contributed by atoms with van der Waals surface area (Å²) >= 11 is 1.18. The molecule has 0 unspecified atom stereocenters. The van der Waals surface area contributed by atoms with E-state index >= 15 is 0 Å². The molecule has 0 saturated carbocycles. The third-order valence-electron chi connectivity index (χ3n) is 3.87. The van der Waals surface area contributed by atoms with E-state index in [1.807, 2.05) is 32.9 Å². The third-order valence-corrected chi connectivity index (χ3v) is 6.65. The second-order valence-electron chi connectivity index (χ2n) is 6.84. The zero-order valence-electron chi connectivity index (χ0n) is 13.9. The average molecular weight is 364 g/mol. The van der Waals surface area contributed by atoms with Crippen molar-refractivity contribution in [2.24, 2.45) is 5.41 Å². The Morgan fingerprint density at radius 1 is 1.25 bits per heavy atom. The Morgan fingerprint density at radius 3 is 2.62 bits per heavy atom. The van der Waals surface area contributed by atoms with Crippen molar-refractivity contribution in [1.29, 1.82) is 0 Å². The summed E-state index contributed by atoms with van der Waals surface area (Å²) in [5, 5.41) is 1.73. The fourth-order valence-electron chi connectivity index (χ4n) is 2.70. The van der Waals surface area contributed by atoms with Gasteiger partial charge < -0.3 is 4.90 Å². The number of thiophene rings is 1. The molecule has 0 spiro atoms. The number of sulfonamides is 1. The number of fused-ring (bicyclic) bond motifs is 1. The van der Waals surface area contributed by atoms with Crippen LogP contribution in [0.25, 0.3) is 0 Å². The van der Waals surface area contributed by atoms with Crippen molar-refractivity contribution in [2.45, 2.75) is 31.4 Å². The smallest absolute Gasteiger partial charge is 0.271 e. The van der Waals surface area contributed by atoms with E-state index < -0.39 is 15.4 Å². The van der Waals surface area contributed by atoms with Crippen LogP contribution in [0.3, 0.4) is 0 Å². The Balaban J connectivity index is 1.85. The van der Waals surface area contributed by atoms with E-state index in [4.69, 9.17) is 0 Å². The predicted octanol–water partition coefficient (Wildman–Crippen LogP) is 3.48. The zero-order chi connectivity index (χ0) is 17.5. The molecule has 1 aromatic heterocycles. The maximum absolute atomic E-state index is 12.5. The number of nitrogens with zero attached hydrogens (tertiary/aromatic N) is 1. The predicted molar refractivity (Wildman–Crippen MR) is 97.1 cm³/mol. The quantitative estimate of drug-likeness (QED) is 0.907. The van der Waals surface area contributed by atoms with Gasteiger partial charge in [0, 0.05) is 23.3 Å². The molecule has 7 heteroatoms. The van der Waals surface area contributed by atoms with Crippen molar-refractivity contribution in [3.8, 4) is 0 Å². The average Bonchev–Trinajstić information content (AvgIpc) is 3.14. The molecule has 2 heterocycles. The molecule has 0 fully saturated rings. The Morgan fingerprint density at radius 2 is 2.00 bits per heavy atom. The summed E-state index contributed by atoms with van der Waals surface area (Å²) in [6.45, 7) is 6.33. The number of carbonyl (C=O) groups excluding carboxylic acids is 1. The summed E-state index contributed by atoms with van der Waals surface area (Å²) in [5.41, 5.74) is 1.93. The number of hydrogen-bond acceptors (Lipinski definition) is 4. The second kappa shape index (κ2) is 5.89. The number of benzene rings is 1. The molecular formula is C17H20N2O3S2. The summed E-state index contributed by atoms with van der Waals surface area (Å²) in [7, 11) is -3.55. The van der Waals surface area contributed by atoms with Gasteiger partial charge in [-0.1, -0.05) is 26.8 Å². The molecule has 0 bridgehead atoms. The molecule has 1 aromatic carbocycles. The van der Waals surface area contributed by atoms with Gasteiger partial charge in [0.1, 0.15) is 4.21 Å². The van der Waals surface area contributed by atoms with Gasteiger partial charge in [-0.25, -0.2) is 8.42 Å². The van der Waals surface area contributed by atoms with Gasteiger partial charge in [0.25, 0.3) is 10.0 Å². The summed E-state index contributed by atoms with van der Waals surface area (Å²) < 4.78 is 27.5. The van der Waals surface area contributed by atoms with Crippen LogP contribution in [0.2, 0.25) is 0 Å². The van der Waals surface area contributed by atoms with E-state index in [9.17, 15) is 13.2 Å². The van der Waals surface area contributed by atoms with Crippen LogP contribution >= 0.6 is 11.3 Å². The first-order chi connectivity index (χ1) is 11.2. The normalized spacial score (nSPS) is 14.5. The molecule has 0 aliphatic carbocycles. The molecule has 1 aliphatic heterocycles. The van der Waals surface area contributed by atoms with Crippen molar-refractivity contribution in [3.05, 3.63) is 41.3 Å². The van der Waals surface area contributed by atoms with E-state index in [0.717, 1.165) is 17.7 Å². The van der Waals surface area contributed by atoms with Crippen molar-refractivity contribution >= 4 is 38.6 Å². The third kappa shape index (κ3) is 3.18. The molecule has 0 saturated heterocycles. The molecular weight excluding hydrogens is 344 g/mol. The highest BCUT2D eigenvalue weighted by Crippen LogP contribution is 2.34. The van der Waals surface area contributed by atoms with Crippen molar-refractivity contribution in [2.75, 3.05) is 16.2 Å². The van der Waals surface area contributed by atoms with E-state index in [2.05, 4.69) is 4.72 Å². The van der Waals surface area contributed by atoms with Gasteiger partial charge in [0.05, 0.1) is 0 Å². The van der Waals surface area contributed by atoms with Crippen LogP contribution in [-0.4, -0.2) is 20.9 Å². The van der Waals surface area contributed by atoms with Crippen LogP contribution in [0.1, 0.15) is 26.3 Å². The second-order valence-corrected chi connectivity index (χ2v) is 9.69. The molecule has 0 radical (unpaired) electrons. The minimum Gasteiger partial charge on any atom is -0.311 e. The monoisotopic (exact) mass is 364 g/mol. The topological polar surface area (TPSA) is 66.5 Å². The van der Waals surface area contributed by atoms with Gasteiger partial charge in [-0.05, 0) is 41.6 Å². The van der Waals surface area contributed by atoms with E-state index in [-0.39, 0.29) is 10.1 Å². The molecule has 128 valence electrons. The molecule has 24 heavy (non-hydrogen) atoms. The summed E-state index contributed by atoms with van der Waals surface area (Å²) in [4.78, 5) is 14.3. The molecule has 3 rings (SSSR count). The van der Waals surface area contributed by atoms with Crippen LogP contribution in [0, 0.1) is 5.41 Å². The van der Waals surface area contributed by atoms with Crippen LogP contribution in [0.5, 0.6) is 0 Å². The van der Waals surface area contributed by atoms with Gasteiger partial charge in [-0.15, -0.1) is 11.3 Å². The number of rotatable bonds is 3. The van der Waals surface area contributed by atoms with E-state index in [1.165, 1.54) is 11.3 Å². The number of carbonyl (C=O) groups is 1. The number of nitrogens with one attached hydrogen (secondary N) is 1. The van der Waals surface area contributed by atoms with Gasteiger partial charge >= 0.3 is 0 Å². The zero-order valence-corrected chi connectivity index (χ0v) is 15.5. The molecule has 1 aliphatic rings. The first-order valence-corrected chi connectivity index (χ1v) is 10.1. The highest BCUT2D eigenvalue weighted by Gasteiger charge is 2.32. The summed E-state index contributed by atoms with van der Waals surface area (Å²) in [6.07, 6.45) is 0.728. The lowest BCUT2D eigenvalue weighted by molar-refractivity contribution is -0.125. The number of amides is 1. The van der Waals surface area contributed by atoms with Crippen LogP contribution < -0.4 is 9.62 Å². The summed E-state index contributed by atoms with van der Waals surface area (Å²) in [6, 6.07) is 8.62. The maximum atomic E-state index is 12.5. The first kappa shape index (κ1) is 17.0. The van der Waals surface area contributed by atoms with Crippen LogP contribution in [-0.2, 0) is 21.2 Å². The lowest BCUT2D eigenvalue weighted by Gasteiger charge is -2.26. The highest BCUT2D eigenvalue weighted by molar-refractivity contribution is 7.94. The molecule has 0 atom stereocenters. The van der Waals surface area contributed by atoms with Crippen molar-refractivity contribution < 1.29 is 13.2 Å². The minimum absolute atomic E-state index is 0.0770. The Bertz CT molecular complexity index is 866. The Hall–Kier alpha value is -1.86. The van der Waals surface area contributed by atoms with Crippen LogP contribution in [0.4, 0.5) is 11.4 Å². The fourth-order valence-corrected chi connectivity index (χ4v) is 4.75. The minimum atomic E-state index is -3.55. The van der Waals surface area contributed by atoms with Crippen molar-refractivity contribution in [1.82, 2.24) is 0 Å².